The number of aliphatic hydroxyl groups is 2. The topological polar surface area (TPSA) is 40.5 Å². The van der Waals surface area contributed by atoms with E-state index >= 15 is 0 Å². The molecule has 1 aliphatic rings. The van der Waals surface area contributed by atoms with Crippen molar-refractivity contribution in [2.75, 3.05) is 6.61 Å². The highest BCUT2D eigenvalue weighted by molar-refractivity contribution is 14.2. The molecule has 2 unspecified atom stereocenters. The summed E-state index contributed by atoms with van der Waals surface area (Å²) in [5.74, 6) is 0. The zero-order valence-corrected chi connectivity index (χ0v) is 20.8. The van der Waals surface area contributed by atoms with Gasteiger partial charge >= 0.3 is 0 Å². The molecule has 2 N–H and O–H groups in total. The van der Waals surface area contributed by atoms with Crippen LogP contribution in [0.2, 0.25) is 0 Å². The summed E-state index contributed by atoms with van der Waals surface area (Å²) in [5.41, 5.74) is 6.16. The van der Waals surface area contributed by atoms with Crippen molar-refractivity contribution in [1.82, 2.24) is 0 Å². The Morgan fingerprint density at radius 1 is 1.22 bits per heavy atom. The van der Waals surface area contributed by atoms with Crippen LogP contribution in [-0.2, 0) is 0 Å². The molecule has 0 saturated carbocycles. The minimum absolute atomic E-state index is 0.0587. The van der Waals surface area contributed by atoms with Gasteiger partial charge < -0.3 is 10.2 Å². The van der Waals surface area contributed by atoms with Gasteiger partial charge in [0.2, 0.25) is 0 Å². The monoisotopic (exact) mass is 506 g/mol. The van der Waals surface area contributed by atoms with Crippen LogP contribution in [0.15, 0.2) is 34.4 Å². The van der Waals surface area contributed by atoms with Crippen molar-refractivity contribution in [1.29, 1.82) is 0 Å². The van der Waals surface area contributed by atoms with E-state index in [1.165, 1.54) is 24.8 Å². The molecule has 0 fully saturated rings. The van der Waals surface area contributed by atoms with Gasteiger partial charge in [-0.15, -0.1) is 0 Å². The van der Waals surface area contributed by atoms with Crippen LogP contribution in [0.3, 0.4) is 0 Å². The summed E-state index contributed by atoms with van der Waals surface area (Å²) in [7, 11) is 1.97. The van der Waals surface area contributed by atoms with Crippen LogP contribution in [0, 0.1) is 5.41 Å². The van der Waals surface area contributed by atoms with Crippen molar-refractivity contribution in [2.24, 2.45) is 5.41 Å². The predicted octanol–water partition coefficient (Wildman–Crippen LogP) is 7.16. The summed E-state index contributed by atoms with van der Waals surface area (Å²) in [6.45, 7) is 11.5. The lowest BCUT2D eigenvalue weighted by molar-refractivity contribution is 0.162. The Morgan fingerprint density at radius 2 is 1.89 bits per heavy atom. The van der Waals surface area contributed by atoms with Gasteiger partial charge in [0.25, 0.3) is 0 Å². The molecule has 0 radical (unpaired) electrons. The van der Waals surface area contributed by atoms with Crippen molar-refractivity contribution in [3.05, 3.63) is 34.4 Å². The van der Waals surface area contributed by atoms with Gasteiger partial charge in [-0.2, -0.15) is 0 Å². The van der Waals surface area contributed by atoms with Gasteiger partial charge in [0, 0.05) is 5.25 Å². The quantitative estimate of drug-likeness (QED) is 0.177. The van der Waals surface area contributed by atoms with Crippen molar-refractivity contribution in [3.63, 3.8) is 0 Å². The van der Waals surface area contributed by atoms with Gasteiger partial charge in [0.1, 0.15) is 0 Å². The smallest absolute Gasteiger partial charge is 0.0614 e. The van der Waals surface area contributed by atoms with Gasteiger partial charge in [-0.05, 0) is 98.8 Å². The molecule has 0 aliphatic heterocycles. The van der Waals surface area contributed by atoms with Crippen LogP contribution in [0.25, 0.3) is 0 Å². The summed E-state index contributed by atoms with van der Waals surface area (Å²) < 4.78 is 0. The van der Waals surface area contributed by atoms with E-state index in [2.05, 4.69) is 55.0 Å². The highest BCUT2D eigenvalue weighted by atomic mass is 127. The molecule has 2 atom stereocenters. The summed E-state index contributed by atoms with van der Waals surface area (Å²) in [4.78, 5) is 0. The standard InChI is InChI=1S/C23H39IO2S/c1-17(9-6-7-11-20(26)15-18(2)12-14-25)16-21(27-24)22-19(3)10-8-13-23(22,4)5/h9,12,20-21,25-26H,6-8,10-11,13-16H2,1-5H3/b17-9+,18-12+. The first-order valence-electron chi connectivity index (χ1n) is 10.3. The molecule has 0 amide bonds. The van der Waals surface area contributed by atoms with Crippen LogP contribution >= 0.6 is 30.1 Å². The van der Waals surface area contributed by atoms with Crippen LogP contribution in [-0.4, -0.2) is 28.2 Å². The summed E-state index contributed by atoms with van der Waals surface area (Å²) in [6, 6.07) is 0. The lowest BCUT2D eigenvalue weighted by Crippen LogP contribution is -2.27. The molecule has 0 aromatic heterocycles. The number of unbranched alkanes of at least 4 members (excludes halogenated alkanes) is 1. The Morgan fingerprint density at radius 3 is 2.48 bits per heavy atom. The van der Waals surface area contributed by atoms with E-state index < -0.39 is 0 Å². The number of hydrogen-bond donors (Lipinski definition) is 2. The molecule has 0 aromatic rings. The fraction of sp³-hybridized carbons (Fsp3) is 0.739. The molecule has 0 aromatic carbocycles. The lowest BCUT2D eigenvalue weighted by Gasteiger charge is -2.38. The fourth-order valence-corrected chi connectivity index (χ4v) is 6.56. The molecule has 4 heteroatoms. The Hall–Kier alpha value is 0.220. The van der Waals surface area contributed by atoms with E-state index in [0.717, 1.165) is 31.3 Å². The summed E-state index contributed by atoms with van der Waals surface area (Å²) in [6.07, 6.45) is 12.4. The third kappa shape index (κ3) is 9.05. The maximum absolute atomic E-state index is 10.1. The minimum atomic E-state index is -0.296. The zero-order chi connectivity index (χ0) is 20.4. The van der Waals surface area contributed by atoms with Gasteiger partial charge in [-0.1, -0.05) is 57.2 Å². The lowest BCUT2D eigenvalue weighted by atomic mass is 9.71. The first-order chi connectivity index (χ1) is 12.7. The Balaban J connectivity index is 2.54. The second kappa shape index (κ2) is 12.7. The van der Waals surface area contributed by atoms with Gasteiger partial charge in [-0.3, -0.25) is 0 Å². The van der Waals surface area contributed by atoms with E-state index in [0.29, 0.717) is 17.1 Å². The second-order valence-electron chi connectivity index (χ2n) is 8.79. The molecule has 1 aliphatic carbocycles. The van der Waals surface area contributed by atoms with Gasteiger partial charge in [0.05, 0.1) is 12.7 Å². The molecule has 2 nitrogen and oxygen atoms in total. The van der Waals surface area contributed by atoms with E-state index in [1.807, 2.05) is 15.9 Å². The van der Waals surface area contributed by atoms with Gasteiger partial charge in [-0.25, -0.2) is 0 Å². The van der Waals surface area contributed by atoms with Crippen LogP contribution in [0.4, 0.5) is 0 Å². The molecule has 0 heterocycles. The molecule has 0 bridgehead atoms. The van der Waals surface area contributed by atoms with Crippen molar-refractivity contribution < 1.29 is 10.2 Å². The largest absolute Gasteiger partial charge is 0.393 e. The zero-order valence-electron chi connectivity index (χ0n) is 17.9. The number of rotatable bonds is 11. The third-order valence-electron chi connectivity index (χ3n) is 5.71. The molecule has 0 saturated heterocycles. The maximum Gasteiger partial charge on any atom is 0.0614 e. The number of halogens is 1. The average Bonchev–Trinajstić information content (AvgIpc) is 2.57. The van der Waals surface area contributed by atoms with E-state index in [-0.39, 0.29) is 12.7 Å². The minimum Gasteiger partial charge on any atom is -0.393 e. The Labute approximate surface area is 183 Å². The Kier molecular flexibility index (Phi) is 11.9. The van der Waals surface area contributed by atoms with Crippen molar-refractivity contribution in [2.45, 2.75) is 97.3 Å². The SMILES string of the molecule is CC1=C(C(C/C(C)=C/CCCC(O)C/C(C)=C/CO)SI)C(C)(C)CCC1. The van der Waals surface area contributed by atoms with E-state index in [1.54, 1.807) is 17.2 Å². The molecule has 0 spiro atoms. The first-order valence-corrected chi connectivity index (χ1v) is 13.7. The Bertz CT molecular complexity index is 549. The number of hydrogen-bond acceptors (Lipinski definition) is 3. The molecule has 1 rings (SSSR count). The highest BCUT2D eigenvalue weighted by Crippen LogP contribution is 2.47. The van der Waals surface area contributed by atoms with Crippen LogP contribution in [0.5, 0.6) is 0 Å². The molecule has 156 valence electrons. The normalized spacial score (nSPS) is 20.7. The van der Waals surface area contributed by atoms with Crippen molar-refractivity contribution >= 4 is 30.1 Å². The van der Waals surface area contributed by atoms with E-state index in [9.17, 15) is 5.11 Å². The van der Waals surface area contributed by atoms with E-state index in [4.69, 9.17) is 5.11 Å². The second-order valence-corrected chi connectivity index (χ2v) is 11.1. The van der Waals surface area contributed by atoms with Crippen LogP contribution < -0.4 is 0 Å². The van der Waals surface area contributed by atoms with Crippen LogP contribution in [0.1, 0.15) is 86.0 Å². The number of allylic oxidation sites excluding steroid dienone is 3. The summed E-state index contributed by atoms with van der Waals surface area (Å²) >= 11 is 2.48. The average molecular weight is 507 g/mol. The first kappa shape index (κ1) is 25.3. The highest BCUT2D eigenvalue weighted by Gasteiger charge is 2.33. The fourth-order valence-electron chi connectivity index (χ4n) is 4.32. The molecule has 27 heavy (non-hydrogen) atoms. The van der Waals surface area contributed by atoms with Gasteiger partial charge in [0.15, 0.2) is 0 Å². The molecular weight excluding hydrogens is 467 g/mol. The maximum atomic E-state index is 10.1. The molecular formula is C23H39IO2S. The number of aliphatic hydroxyl groups excluding tert-OH is 2. The van der Waals surface area contributed by atoms with Crippen molar-refractivity contribution in [3.8, 4) is 0 Å². The predicted molar refractivity (Wildman–Crippen MR) is 129 cm³/mol. The summed E-state index contributed by atoms with van der Waals surface area (Å²) in [5, 5.41) is 19.6. The third-order valence-corrected chi connectivity index (χ3v) is 8.17.